The summed E-state index contributed by atoms with van der Waals surface area (Å²) in [4.78, 5) is 4.32. The van der Waals surface area contributed by atoms with Crippen molar-refractivity contribution in [2.45, 2.75) is 39.5 Å². The largest absolute Gasteiger partial charge is 0.374 e. The lowest BCUT2D eigenvalue weighted by Gasteiger charge is -2.20. The van der Waals surface area contributed by atoms with Crippen LogP contribution in [-0.4, -0.2) is 4.98 Å². The van der Waals surface area contributed by atoms with Crippen molar-refractivity contribution < 1.29 is 0 Å². The minimum Gasteiger partial charge on any atom is -0.374 e. The number of rotatable bonds is 5. The summed E-state index contributed by atoms with van der Waals surface area (Å²) in [6.07, 6.45) is 1.81. The Balaban J connectivity index is 2.28. The molecule has 20 heavy (non-hydrogen) atoms. The standard InChI is InChI=1S/C18H23N2/c1-13(2)16-9-7-10-17(14(3)4)18(16)20-12-15-8-5-6-11-19-15/h5-14,20H,1-4H3. The van der Waals surface area contributed by atoms with Crippen molar-refractivity contribution in [2.24, 2.45) is 0 Å². The van der Waals surface area contributed by atoms with E-state index in [1.54, 1.807) is 0 Å². The predicted octanol–water partition coefficient (Wildman–Crippen LogP) is 4.95. The molecule has 1 aromatic carbocycles. The molecule has 1 N–H and O–H groups in total. The highest BCUT2D eigenvalue weighted by molar-refractivity contribution is 5.61. The number of nitrogens with zero attached hydrogens (tertiary/aromatic N) is 1. The molecule has 105 valence electrons. The highest BCUT2D eigenvalue weighted by Gasteiger charge is 2.13. The Morgan fingerprint density at radius 2 is 1.55 bits per heavy atom. The number of benzene rings is 1. The van der Waals surface area contributed by atoms with Crippen molar-refractivity contribution in [2.75, 3.05) is 5.32 Å². The van der Waals surface area contributed by atoms with E-state index in [0.717, 1.165) is 5.69 Å². The van der Waals surface area contributed by atoms with Crippen molar-refractivity contribution in [3.63, 3.8) is 0 Å². The lowest BCUT2D eigenvalue weighted by molar-refractivity contribution is 0.837. The third kappa shape index (κ3) is 3.38. The second-order valence-corrected chi connectivity index (χ2v) is 5.66. The van der Waals surface area contributed by atoms with Gasteiger partial charge in [0.1, 0.15) is 0 Å². The van der Waals surface area contributed by atoms with E-state index in [4.69, 9.17) is 0 Å². The van der Waals surface area contributed by atoms with E-state index in [0.29, 0.717) is 11.8 Å². The SMILES string of the molecule is CC(C)c1cccc(C(C)C)c1N[CH]c1ccccn1. The zero-order chi connectivity index (χ0) is 14.5. The van der Waals surface area contributed by atoms with Crippen LogP contribution in [0.5, 0.6) is 0 Å². The van der Waals surface area contributed by atoms with Crippen LogP contribution in [0.2, 0.25) is 0 Å². The second kappa shape index (κ2) is 6.56. The lowest BCUT2D eigenvalue weighted by Crippen LogP contribution is -2.06. The third-order valence-electron chi connectivity index (χ3n) is 3.43. The molecule has 0 spiro atoms. The molecule has 0 bridgehead atoms. The van der Waals surface area contributed by atoms with Crippen LogP contribution >= 0.6 is 0 Å². The smallest absolute Gasteiger partial charge is 0.0945 e. The Morgan fingerprint density at radius 3 is 2.05 bits per heavy atom. The molecule has 0 amide bonds. The number of para-hydroxylation sites is 1. The molecule has 0 saturated carbocycles. The van der Waals surface area contributed by atoms with Crippen molar-refractivity contribution in [3.05, 3.63) is 66.0 Å². The second-order valence-electron chi connectivity index (χ2n) is 5.66. The van der Waals surface area contributed by atoms with Crippen molar-refractivity contribution >= 4 is 5.69 Å². The van der Waals surface area contributed by atoms with Gasteiger partial charge in [-0.05, 0) is 35.1 Å². The summed E-state index contributed by atoms with van der Waals surface area (Å²) in [5, 5.41) is 3.47. The molecule has 1 heterocycles. The van der Waals surface area contributed by atoms with Crippen LogP contribution in [0, 0.1) is 6.54 Å². The van der Waals surface area contributed by atoms with Crippen LogP contribution < -0.4 is 5.32 Å². The Morgan fingerprint density at radius 1 is 0.900 bits per heavy atom. The van der Waals surface area contributed by atoms with Gasteiger partial charge in [0.25, 0.3) is 0 Å². The molecule has 1 radical (unpaired) electrons. The molecule has 2 aromatic rings. The summed E-state index contributed by atoms with van der Waals surface area (Å²) in [7, 11) is 0. The fourth-order valence-electron chi connectivity index (χ4n) is 2.33. The first kappa shape index (κ1) is 14.6. The maximum absolute atomic E-state index is 4.32. The van der Waals surface area contributed by atoms with Gasteiger partial charge in [0.15, 0.2) is 0 Å². The molecule has 0 aliphatic rings. The number of hydrogen-bond donors (Lipinski definition) is 1. The summed E-state index contributed by atoms with van der Waals surface area (Å²) in [6.45, 7) is 10.9. The summed E-state index contributed by atoms with van der Waals surface area (Å²) in [6, 6.07) is 12.5. The van der Waals surface area contributed by atoms with Crippen molar-refractivity contribution in [1.82, 2.24) is 4.98 Å². The Kier molecular flexibility index (Phi) is 4.78. The summed E-state index contributed by atoms with van der Waals surface area (Å²) < 4.78 is 0. The molecule has 2 heteroatoms. The topological polar surface area (TPSA) is 24.9 Å². The Bertz CT molecular complexity index is 518. The van der Waals surface area contributed by atoms with E-state index in [-0.39, 0.29) is 0 Å². The average molecular weight is 267 g/mol. The molecule has 0 atom stereocenters. The molecule has 0 fully saturated rings. The van der Waals surface area contributed by atoms with Gasteiger partial charge in [0, 0.05) is 11.9 Å². The maximum atomic E-state index is 4.32. The molecule has 1 aromatic heterocycles. The molecule has 0 unspecified atom stereocenters. The van der Waals surface area contributed by atoms with Crippen LogP contribution in [0.25, 0.3) is 0 Å². The lowest BCUT2D eigenvalue weighted by atomic mass is 9.92. The van der Waals surface area contributed by atoms with Gasteiger partial charge in [-0.2, -0.15) is 0 Å². The van der Waals surface area contributed by atoms with E-state index in [1.165, 1.54) is 16.8 Å². The first-order valence-electron chi connectivity index (χ1n) is 7.23. The highest BCUT2D eigenvalue weighted by Crippen LogP contribution is 2.32. The molecule has 2 rings (SSSR count). The van der Waals surface area contributed by atoms with Gasteiger partial charge < -0.3 is 5.32 Å². The molecular weight excluding hydrogens is 244 g/mol. The van der Waals surface area contributed by atoms with Gasteiger partial charge in [0.2, 0.25) is 0 Å². The monoisotopic (exact) mass is 267 g/mol. The number of pyridine rings is 1. The van der Waals surface area contributed by atoms with E-state index in [2.05, 4.69) is 56.2 Å². The van der Waals surface area contributed by atoms with Gasteiger partial charge in [-0.25, -0.2) is 0 Å². The van der Waals surface area contributed by atoms with Crippen LogP contribution in [0.15, 0.2) is 42.6 Å². The molecule has 0 aliphatic carbocycles. The van der Waals surface area contributed by atoms with E-state index >= 15 is 0 Å². The molecule has 2 nitrogen and oxygen atoms in total. The zero-order valence-corrected chi connectivity index (χ0v) is 12.7. The first-order chi connectivity index (χ1) is 9.59. The summed E-state index contributed by atoms with van der Waals surface area (Å²) in [5.74, 6) is 0.988. The summed E-state index contributed by atoms with van der Waals surface area (Å²) in [5.41, 5.74) is 4.87. The minimum absolute atomic E-state index is 0.494. The number of anilines is 1. The van der Waals surface area contributed by atoms with E-state index < -0.39 is 0 Å². The normalized spacial score (nSPS) is 11.1. The van der Waals surface area contributed by atoms with Crippen LogP contribution in [0.4, 0.5) is 5.69 Å². The van der Waals surface area contributed by atoms with Crippen molar-refractivity contribution in [3.8, 4) is 0 Å². The maximum Gasteiger partial charge on any atom is 0.0945 e. The number of aromatic nitrogens is 1. The number of hydrogen-bond acceptors (Lipinski definition) is 2. The predicted molar refractivity (Wildman–Crippen MR) is 85.9 cm³/mol. The third-order valence-corrected chi connectivity index (χ3v) is 3.43. The minimum atomic E-state index is 0.494. The van der Waals surface area contributed by atoms with E-state index in [9.17, 15) is 0 Å². The van der Waals surface area contributed by atoms with Gasteiger partial charge in [-0.3, -0.25) is 4.98 Å². The van der Waals surface area contributed by atoms with Crippen LogP contribution in [0.3, 0.4) is 0 Å². The van der Waals surface area contributed by atoms with Crippen LogP contribution in [0.1, 0.15) is 56.4 Å². The van der Waals surface area contributed by atoms with E-state index in [1.807, 2.05) is 30.9 Å². The Labute approximate surface area is 122 Å². The van der Waals surface area contributed by atoms with Gasteiger partial charge >= 0.3 is 0 Å². The molecule has 0 saturated heterocycles. The van der Waals surface area contributed by atoms with Gasteiger partial charge in [-0.15, -0.1) is 0 Å². The first-order valence-corrected chi connectivity index (χ1v) is 7.23. The Hall–Kier alpha value is -1.83. The highest BCUT2D eigenvalue weighted by atomic mass is 14.9. The molecule has 0 aliphatic heterocycles. The average Bonchev–Trinajstić information content (AvgIpc) is 2.45. The quantitative estimate of drug-likeness (QED) is 0.829. The summed E-state index contributed by atoms with van der Waals surface area (Å²) >= 11 is 0. The van der Waals surface area contributed by atoms with Crippen LogP contribution in [-0.2, 0) is 0 Å². The molecular formula is C18H23N2. The van der Waals surface area contributed by atoms with Gasteiger partial charge in [-0.1, -0.05) is 52.0 Å². The number of nitrogens with one attached hydrogen (secondary N) is 1. The fourth-order valence-corrected chi connectivity index (χ4v) is 2.33. The van der Waals surface area contributed by atoms with Gasteiger partial charge in [0.05, 0.1) is 12.2 Å². The van der Waals surface area contributed by atoms with Crippen molar-refractivity contribution in [1.29, 1.82) is 0 Å². The fraction of sp³-hybridized carbons (Fsp3) is 0.333. The zero-order valence-electron chi connectivity index (χ0n) is 12.7.